The SMILES string of the molecule is CC(C)NCCN1CCN(CC2CCN(CC(=O)C(C)C)CC2)CC1. The van der Waals surface area contributed by atoms with Crippen LogP contribution in [-0.4, -0.2) is 92.0 Å². The Morgan fingerprint density at radius 1 is 0.920 bits per heavy atom. The van der Waals surface area contributed by atoms with E-state index in [2.05, 4.69) is 33.9 Å². The van der Waals surface area contributed by atoms with Crippen LogP contribution in [0.2, 0.25) is 0 Å². The van der Waals surface area contributed by atoms with Gasteiger partial charge in [-0.05, 0) is 31.8 Å². The Bertz CT molecular complexity index is 383. The topological polar surface area (TPSA) is 38.8 Å². The molecule has 0 radical (unpaired) electrons. The zero-order valence-electron chi connectivity index (χ0n) is 17.0. The monoisotopic (exact) mass is 352 g/mol. The molecule has 5 nitrogen and oxygen atoms in total. The lowest BCUT2D eigenvalue weighted by Crippen LogP contribution is -2.50. The van der Waals surface area contributed by atoms with E-state index in [0.29, 0.717) is 18.4 Å². The summed E-state index contributed by atoms with van der Waals surface area (Å²) in [7, 11) is 0. The summed E-state index contributed by atoms with van der Waals surface area (Å²) in [6.45, 7) is 19.7. The summed E-state index contributed by atoms with van der Waals surface area (Å²) in [5.74, 6) is 1.38. The van der Waals surface area contributed by atoms with E-state index in [4.69, 9.17) is 0 Å². The molecule has 2 fully saturated rings. The van der Waals surface area contributed by atoms with E-state index in [-0.39, 0.29) is 5.92 Å². The van der Waals surface area contributed by atoms with E-state index < -0.39 is 0 Å². The number of piperidine rings is 1. The fourth-order valence-corrected chi connectivity index (χ4v) is 3.80. The molecule has 2 aliphatic heterocycles. The first-order valence-corrected chi connectivity index (χ1v) is 10.4. The number of carbonyl (C=O) groups excluding carboxylic acids is 1. The molecule has 0 aromatic carbocycles. The Morgan fingerprint density at radius 3 is 2.08 bits per heavy atom. The van der Waals surface area contributed by atoms with Gasteiger partial charge in [0.1, 0.15) is 5.78 Å². The molecule has 0 amide bonds. The molecule has 0 aromatic heterocycles. The number of rotatable bonds is 9. The Balaban J connectivity index is 1.58. The predicted molar refractivity (Wildman–Crippen MR) is 105 cm³/mol. The molecule has 2 rings (SSSR count). The van der Waals surface area contributed by atoms with Crippen molar-refractivity contribution < 1.29 is 4.79 Å². The van der Waals surface area contributed by atoms with E-state index in [1.54, 1.807) is 0 Å². The lowest BCUT2D eigenvalue weighted by Gasteiger charge is -2.39. The van der Waals surface area contributed by atoms with Crippen molar-refractivity contribution in [1.29, 1.82) is 0 Å². The summed E-state index contributed by atoms with van der Waals surface area (Å²) < 4.78 is 0. The van der Waals surface area contributed by atoms with E-state index >= 15 is 0 Å². The molecule has 1 N–H and O–H groups in total. The van der Waals surface area contributed by atoms with Crippen LogP contribution >= 0.6 is 0 Å². The number of nitrogens with one attached hydrogen (secondary N) is 1. The summed E-state index contributed by atoms with van der Waals surface area (Å²) in [5.41, 5.74) is 0. The lowest BCUT2D eigenvalue weighted by atomic mass is 9.95. The first-order chi connectivity index (χ1) is 11.9. The molecule has 2 saturated heterocycles. The van der Waals surface area contributed by atoms with Crippen molar-refractivity contribution in [3.05, 3.63) is 0 Å². The van der Waals surface area contributed by atoms with E-state index in [1.807, 2.05) is 13.8 Å². The Hall–Kier alpha value is -0.490. The predicted octanol–water partition coefficient (Wildman–Crippen LogP) is 1.54. The molecule has 0 atom stereocenters. The summed E-state index contributed by atoms with van der Waals surface area (Å²) in [5, 5.41) is 3.51. The van der Waals surface area contributed by atoms with Gasteiger partial charge in [0.15, 0.2) is 0 Å². The summed E-state index contributed by atoms with van der Waals surface area (Å²) in [4.78, 5) is 19.5. The number of carbonyl (C=O) groups is 1. The van der Waals surface area contributed by atoms with Gasteiger partial charge in [0.05, 0.1) is 6.54 Å². The fourth-order valence-electron chi connectivity index (χ4n) is 3.80. The van der Waals surface area contributed by atoms with Gasteiger partial charge < -0.3 is 10.2 Å². The van der Waals surface area contributed by atoms with Crippen molar-refractivity contribution in [3.63, 3.8) is 0 Å². The normalized spacial score (nSPS) is 22.2. The van der Waals surface area contributed by atoms with Crippen LogP contribution < -0.4 is 5.32 Å². The van der Waals surface area contributed by atoms with Crippen LogP contribution in [0, 0.1) is 11.8 Å². The minimum absolute atomic E-state index is 0.171. The first-order valence-electron chi connectivity index (χ1n) is 10.4. The Labute approximate surface area is 155 Å². The van der Waals surface area contributed by atoms with Gasteiger partial charge in [0.2, 0.25) is 0 Å². The highest BCUT2D eigenvalue weighted by molar-refractivity contribution is 5.82. The van der Waals surface area contributed by atoms with Gasteiger partial charge >= 0.3 is 0 Å². The maximum Gasteiger partial charge on any atom is 0.149 e. The van der Waals surface area contributed by atoms with Crippen LogP contribution in [0.4, 0.5) is 0 Å². The summed E-state index contributed by atoms with van der Waals surface area (Å²) >= 11 is 0. The van der Waals surface area contributed by atoms with Crippen LogP contribution in [0.25, 0.3) is 0 Å². The number of nitrogens with zero attached hydrogens (tertiary/aromatic N) is 3. The number of likely N-dealkylation sites (tertiary alicyclic amines) is 1. The first kappa shape index (κ1) is 20.8. The Kier molecular flexibility index (Phi) is 8.83. The van der Waals surface area contributed by atoms with Crippen LogP contribution in [0.1, 0.15) is 40.5 Å². The van der Waals surface area contributed by atoms with Crippen LogP contribution in [0.15, 0.2) is 0 Å². The van der Waals surface area contributed by atoms with Crippen molar-refractivity contribution >= 4 is 5.78 Å². The standard InChI is InChI=1S/C20H40N4O/c1-17(2)20(25)16-23-8-5-19(6-9-23)15-24-13-11-22(12-14-24)10-7-21-18(3)4/h17-19,21H,5-16H2,1-4H3. The van der Waals surface area contributed by atoms with Gasteiger partial charge in [-0.2, -0.15) is 0 Å². The second kappa shape index (κ2) is 10.6. The summed E-state index contributed by atoms with van der Waals surface area (Å²) in [6, 6.07) is 0.586. The van der Waals surface area contributed by atoms with Crippen LogP contribution in [0.3, 0.4) is 0 Å². The lowest BCUT2D eigenvalue weighted by molar-refractivity contribution is -0.123. The molecule has 0 aliphatic carbocycles. The smallest absolute Gasteiger partial charge is 0.149 e. The minimum atomic E-state index is 0.171. The average Bonchev–Trinajstić information content (AvgIpc) is 2.58. The molecule has 146 valence electrons. The second-order valence-electron chi connectivity index (χ2n) is 8.59. The Morgan fingerprint density at radius 2 is 1.52 bits per heavy atom. The van der Waals surface area contributed by atoms with Crippen LogP contribution in [0.5, 0.6) is 0 Å². The number of hydrogen-bond donors (Lipinski definition) is 1. The molecule has 0 spiro atoms. The van der Waals surface area contributed by atoms with Gasteiger partial charge in [-0.25, -0.2) is 0 Å². The maximum absolute atomic E-state index is 11.9. The van der Waals surface area contributed by atoms with Gasteiger partial charge in [-0.1, -0.05) is 27.7 Å². The molecule has 2 aliphatic rings. The van der Waals surface area contributed by atoms with E-state index in [0.717, 1.165) is 25.6 Å². The number of hydrogen-bond acceptors (Lipinski definition) is 5. The summed E-state index contributed by atoms with van der Waals surface area (Å²) in [6.07, 6.45) is 2.51. The zero-order valence-corrected chi connectivity index (χ0v) is 17.0. The van der Waals surface area contributed by atoms with Gasteiger partial charge in [0, 0.05) is 57.8 Å². The second-order valence-corrected chi connectivity index (χ2v) is 8.59. The van der Waals surface area contributed by atoms with Gasteiger partial charge in [-0.15, -0.1) is 0 Å². The quantitative estimate of drug-likeness (QED) is 0.681. The van der Waals surface area contributed by atoms with Crippen molar-refractivity contribution in [3.8, 4) is 0 Å². The number of ketones is 1. The van der Waals surface area contributed by atoms with Crippen molar-refractivity contribution in [1.82, 2.24) is 20.0 Å². The number of Topliss-reactive ketones (excluding diaryl/α,β-unsaturated/α-hetero) is 1. The molecule has 2 heterocycles. The molecule has 25 heavy (non-hydrogen) atoms. The third-order valence-corrected chi connectivity index (χ3v) is 5.69. The zero-order chi connectivity index (χ0) is 18.2. The van der Waals surface area contributed by atoms with Crippen molar-refractivity contribution in [2.24, 2.45) is 11.8 Å². The molecular formula is C20H40N4O. The van der Waals surface area contributed by atoms with Crippen molar-refractivity contribution in [2.75, 3.05) is 65.4 Å². The van der Waals surface area contributed by atoms with Gasteiger partial charge in [0.25, 0.3) is 0 Å². The molecule has 0 aromatic rings. The largest absolute Gasteiger partial charge is 0.313 e. The number of piperazine rings is 1. The third kappa shape index (κ3) is 7.73. The third-order valence-electron chi connectivity index (χ3n) is 5.69. The highest BCUT2D eigenvalue weighted by atomic mass is 16.1. The molecule has 0 bridgehead atoms. The van der Waals surface area contributed by atoms with E-state index in [1.165, 1.54) is 52.1 Å². The average molecular weight is 353 g/mol. The maximum atomic E-state index is 11.9. The van der Waals surface area contributed by atoms with Gasteiger partial charge in [-0.3, -0.25) is 14.6 Å². The molecular weight excluding hydrogens is 312 g/mol. The highest BCUT2D eigenvalue weighted by Crippen LogP contribution is 2.19. The minimum Gasteiger partial charge on any atom is -0.313 e. The molecule has 5 heteroatoms. The van der Waals surface area contributed by atoms with E-state index in [9.17, 15) is 4.79 Å². The highest BCUT2D eigenvalue weighted by Gasteiger charge is 2.25. The van der Waals surface area contributed by atoms with Crippen LogP contribution in [-0.2, 0) is 4.79 Å². The molecule has 0 unspecified atom stereocenters. The molecule has 0 saturated carbocycles. The fraction of sp³-hybridized carbons (Fsp3) is 0.950. The van der Waals surface area contributed by atoms with Crippen molar-refractivity contribution in [2.45, 2.75) is 46.6 Å².